The molecule has 3 atom stereocenters. The first-order chi connectivity index (χ1) is 9.06. The number of hydrogen-bond donors (Lipinski definition) is 0. The van der Waals surface area contributed by atoms with Crippen LogP contribution in [0, 0.1) is 5.92 Å². The SMILES string of the molecule is C=C1C(=O)O[C@H]2CC3=CC[C@H](OC3=O)/C(C)=C/C[C@H]12. The molecule has 0 N–H and O–H groups in total. The topological polar surface area (TPSA) is 52.6 Å². The van der Waals surface area contributed by atoms with Crippen LogP contribution in [0.4, 0.5) is 0 Å². The molecule has 0 saturated carbocycles. The van der Waals surface area contributed by atoms with E-state index in [-0.39, 0.29) is 30.1 Å². The van der Waals surface area contributed by atoms with Crippen molar-refractivity contribution in [3.8, 4) is 0 Å². The summed E-state index contributed by atoms with van der Waals surface area (Å²) in [4.78, 5) is 23.5. The highest BCUT2D eigenvalue weighted by Gasteiger charge is 2.40. The van der Waals surface area contributed by atoms with Crippen molar-refractivity contribution in [2.45, 2.75) is 38.4 Å². The molecule has 100 valence electrons. The molecule has 1 aliphatic carbocycles. The predicted molar refractivity (Wildman–Crippen MR) is 68.1 cm³/mol. The maximum absolute atomic E-state index is 11.9. The van der Waals surface area contributed by atoms with Gasteiger partial charge in [-0.25, -0.2) is 9.59 Å². The van der Waals surface area contributed by atoms with Gasteiger partial charge in [-0.1, -0.05) is 18.7 Å². The van der Waals surface area contributed by atoms with Crippen molar-refractivity contribution in [2.24, 2.45) is 5.92 Å². The first kappa shape index (κ1) is 12.2. The van der Waals surface area contributed by atoms with Crippen molar-refractivity contribution in [3.05, 3.63) is 35.5 Å². The lowest BCUT2D eigenvalue weighted by atomic mass is 9.86. The number of esters is 2. The fourth-order valence-corrected chi connectivity index (χ4v) is 2.84. The van der Waals surface area contributed by atoms with Gasteiger partial charge in [0.25, 0.3) is 0 Å². The summed E-state index contributed by atoms with van der Waals surface area (Å²) in [6.45, 7) is 5.76. The maximum atomic E-state index is 11.9. The third-order valence-corrected chi connectivity index (χ3v) is 4.13. The van der Waals surface area contributed by atoms with Gasteiger partial charge in [0.15, 0.2) is 0 Å². The standard InChI is InChI=1S/C15H16O4/c1-8-3-5-11-9(2)14(16)19-13(11)7-10-4-6-12(8)18-15(10)17/h3-4,11-13H,2,5-7H2,1H3/b8-3+/t11-,12+,13+/m1/s1. The van der Waals surface area contributed by atoms with E-state index in [4.69, 9.17) is 9.47 Å². The number of hydrogen-bond acceptors (Lipinski definition) is 4. The molecular weight excluding hydrogens is 244 g/mol. The van der Waals surface area contributed by atoms with Crippen LogP contribution < -0.4 is 0 Å². The molecule has 4 aliphatic rings. The number of carbonyl (C=O) groups excluding carboxylic acids is 2. The predicted octanol–water partition coefficient (Wildman–Crippen LogP) is 2.07. The number of fused-ring (bicyclic) bond motifs is 3. The molecule has 1 saturated heterocycles. The highest BCUT2D eigenvalue weighted by Crippen LogP contribution is 2.36. The molecule has 0 spiro atoms. The Morgan fingerprint density at radius 2 is 1.95 bits per heavy atom. The van der Waals surface area contributed by atoms with E-state index in [1.54, 1.807) is 0 Å². The van der Waals surface area contributed by atoms with Crippen molar-refractivity contribution in [1.29, 1.82) is 0 Å². The minimum Gasteiger partial charge on any atom is -0.458 e. The van der Waals surface area contributed by atoms with E-state index in [0.29, 0.717) is 30.4 Å². The smallest absolute Gasteiger partial charge is 0.334 e. The number of allylic oxidation sites excluding steroid dienone is 1. The lowest BCUT2D eigenvalue weighted by molar-refractivity contribution is -0.146. The lowest BCUT2D eigenvalue weighted by Gasteiger charge is -2.27. The zero-order chi connectivity index (χ0) is 13.6. The zero-order valence-corrected chi connectivity index (χ0v) is 10.8. The average Bonchev–Trinajstić information content (AvgIpc) is 2.65. The Balaban J connectivity index is 1.98. The monoisotopic (exact) mass is 260 g/mol. The van der Waals surface area contributed by atoms with Crippen LogP contribution in [0.5, 0.6) is 0 Å². The van der Waals surface area contributed by atoms with Gasteiger partial charge in [0, 0.05) is 29.9 Å². The summed E-state index contributed by atoms with van der Waals surface area (Å²) in [7, 11) is 0. The summed E-state index contributed by atoms with van der Waals surface area (Å²) >= 11 is 0. The Morgan fingerprint density at radius 1 is 1.16 bits per heavy atom. The second-order valence-corrected chi connectivity index (χ2v) is 5.32. The van der Waals surface area contributed by atoms with Crippen molar-refractivity contribution in [2.75, 3.05) is 0 Å². The van der Waals surface area contributed by atoms with E-state index in [2.05, 4.69) is 6.58 Å². The Hall–Kier alpha value is -1.84. The molecule has 4 rings (SSSR count). The molecule has 19 heavy (non-hydrogen) atoms. The van der Waals surface area contributed by atoms with E-state index >= 15 is 0 Å². The van der Waals surface area contributed by atoms with Gasteiger partial charge in [0.05, 0.1) is 0 Å². The molecule has 0 aromatic rings. The zero-order valence-electron chi connectivity index (χ0n) is 10.8. The molecule has 0 aromatic heterocycles. The van der Waals surface area contributed by atoms with Gasteiger partial charge in [-0.15, -0.1) is 0 Å². The molecule has 0 aromatic carbocycles. The number of carbonyl (C=O) groups is 2. The normalized spacial score (nSPS) is 36.9. The van der Waals surface area contributed by atoms with Crippen molar-refractivity contribution in [3.63, 3.8) is 0 Å². The first-order valence-electron chi connectivity index (χ1n) is 6.52. The molecular formula is C15H16O4. The van der Waals surface area contributed by atoms with E-state index in [9.17, 15) is 9.59 Å². The van der Waals surface area contributed by atoms with Gasteiger partial charge in [-0.05, 0) is 18.9 Å². The van der Waals surface area contributed by atoms with Crippen LogP contribution in [0.25, 0.3) is 0 Å². The van der Waals surface area contributed by atoms with Crippen molar-refractivity contribution >= 4 is 11.9 Å². The van der Waals surface area contributed by atoms with Crippen LogP contribution in [0.15, 0.2) is 35.5 Å². The number of rotatable bonds is 0. The fourth-order valence-electron chi connectivity index (χ4n) is 2.84. The average molecular weight is 260 g/mol. The second kappa shape index (κ2) is 4.37. The van der Waals surface area contributed by atoms with Gasteiger partial charge in [0.2, 0.25) is 0 Å². The quantitative estimate of drug-likeness (QED) is 0.380. The van der Waals surface area contributed by atoms with Gasteiger partial charge < -0.3 is 9.47 Å². The Kier molecular flexibility index (Phi) is 2.81. The summed E-state index contributed by atoms with van der Waals surface area (Å²) in [5.41, 5.74) is 2.15. The van der Waals surface area contributed by atoms with E-state index in [1.807, 2.05) is 19.1 Å². The van der Waals surface area contributed by atoms with Crippen LogP contribution in [-0.4, -0.2) is 24.1 Å². The van der Waals surface area contributed by atoms with E-state index in [1.165, 1.54) is 0 Å². The molecule has 1 fully saturated rings. The van der Waals surface area contributed by atoms with Crippen LogP contribution in [0.3, 0.4) is 0 Å². The Bertz CT molecular complexity index is 526. The third-order valence-electron chi connectivity index (χ3n) is 4.13. The van der Waals surface area contributed by atoms with E-state index < -0.39 is 0 Å². The number of ether oxygens (including phenoxy) is 2. The van der Waals surface area contributed by atoms with Crippen LogP contribution in [0.2, 0.25) is 0 Å². The lowest BCUT2D eigenvalue weighted by Crippen LogP contribution is -2.29. The molecule has 3 aliphatic heterocycles. The molecule has 4 heteroatoms. The highest BCUT2D eigenvalue weighted by atomic mass is 16.6. The highest BCUT2D eigenvalue weighted by molar-refractivity contribution is 5.92. The summed E-state index contributed by atoms with van der Waals surface area (Å²) < 4.78 is 10.7. The largest absolute Gasteiger partial charge is 0.458 e. The first-order valence-corrected chi connectivity index (χ1v) is 6.52. The minimum absolute atomic E-state index is 0.0319. The van der Waals surface area contributed by atoms with Crippen molar-refractivity contribution < 1.29 is 19.1 Å². The molecule has 2 bridgehead atoms. The summed E-state index contributed by atoms with van der Waals surface area (Å²) in [5, 5.41) is 0. The van der Waals surface area contributed by atoms with Crippen LogP contribution >= 0.6 is 0 Å². The van der Waals surface area contributed by atoms with Gasteiger partial charge in [-0.2, -0.15) is 0 Å². The molecule has 0 radical (unpaired) electrons. The molecule has 3 heterocycles. The molecule has 0 unspecified atom stereocenters. The Labute approximate surface area is 111 Å². The van der Waals surface area contributed by atoms with Gasteiger partial charge in [0.1, 0.15) is 12.2 Å². The third kappa shape index (κ3) is 2.01. The van der Waals surface area contributed by atoms with E-state index in [0.717, 1.165) is 5.57 Å². The second-order valence-electron chi connectivity index (χ2n) is 5.32. The van der Waals surface area contributed by atoms with Crippen molar-refractivity contribution in [1.82, 2.24) is 0 Å². The van der Waals surface area contributed by atoms with Crippen LogP contribution in [-0.2, 0) is 19.1 Å². The molecule has 0 amide bonds. The molecule has 4 nitrogen and oxygen atoms in total. The summed E-state index contributed by atoms with van der Waals surface area (Å²) in [5.74, 6) is -0.669. The fraction of sp³-hybridized carbons (Fsp3) is 0.467. The summed E-state index contributed by atoms with van der Waals surface area (Å²) in [6, 6.07) is 0. The van der Waals surface area contributed by atoms with Gasteiger partial charge >= 0.3 is 11.9 Å². The minimum atomic E-state index is -0.344. The van der Waals surface area contributed by atoms with Gasteiger partial charge in [-0.3, -0.25) is 0 Å². The summed E-state index contributed by atoms with van der Waals surface area (Å²) in [6.07, 6.45) is 5.32. The van der Waals surface area contributed by atoms with Crippen LogP contribution in [0.1, 0.15) is 26.2 Å². The Morgan fingerprint density at radius 3 is 2.68 bits per heavy atom. The maximum Gasteiger partial charge on any atom is 0.334 e.